The van der Waals surface area contributed by atoms with Crippen molar-refractivity contribution in [3.63, 3.8) is 0 Å². The van der Waals surface area contributed by atoms with Crippen LogP contribution in [0.2, 0.25) is 0 Å². The summed E-state index contributed by atoms with van der Waals surface area (Å²) in [4.78, 5) is 11.8. The maximum Gasteiger partial charge on any atom is 0.140 e. The van der Waals surface area contributed by atoms with Gasteiger partial charge in [0, 0.05) is 15.8 Å². The van der Waals surface area contributed by atoms with E-state index in [1.807, 2.05) is 0 Å². The smallest absolute Gasteiger partial charge is 0.140 e. The molecule has 4 fully saturated rings. The van der Waals surface area contributed by atoms with Gasteiger partial charge < -0.3 is 0 Å². The molecule has 0 aliphatic heterocycles. The van der Waals surface area contributed by atoms with Crippen molar-refractivity contribution < 1.29 is 4.79 Å². The van der Waals surface area contributed by atoms with Crippen molar-refractivity contribution >= 4 is 28.4 Å². The third-order valence-electron chi connectivity index (χ3n) is 4.03. The van der Waals surface area contributed by atoms with Gasteiger partial charge in [-0.2, -0.15) is 0 Å². The number of carbonyl (C=O) groups excluding carboxylic acids is 1. The highest BCUT2D eigenvalue weighted by atomic mass is 127. The molecule has 4 saturated carbocycles. The van der Waals surface area contributed by atoms with E-state index in [0.29, 0.717) is 21.5 Å². The molecule has 0 aromatic carbocycles. The summed E-state index contributed by atoms with van der Waals surface area (Å²) in [5.41, 5.74) is 0. The second kappa shape index (κ2) is 2.46. The highest BCUT2D eigenvalue weighted by Crippen LogP contribution is 2.54. The molecule has 4 aliphatic rings. The van der Waals surface area contributed by atoms with E-state index < -0.39 is 0 Å². The number of rotatable bonds is 0. The second-order valence-corrected chi connectivity index (χ2v) is 6.16. The predicted molar refractivity (Wildman–Crippen MR) is 55.2 cm³/mol. The van der Waals surface area contributed by atoms with E-state index in [9.17, 15) is 4.79 Å². The number of hydrogen-bond donors (Lipinski definition) is 0. The number of carbonyl (C=O) groups is 1. The molecule has 0 heterocycles. The molecule has 0 unspecified atom stereocenters. The standard InChI is InChI=1S/C10H13IO/c11-9-6-1-5-2-7(4-6)10(12)8(9)3-5/h5-9H,1-4H2/t5-,6+,7+,8+,9-/m0/s1. The number of alkyl halides is 1. The fourth-order valence-corrected chi connectivity index (χ4v) is 4.80. The highest BCUT2D eigenvalue weighted by molar-refractivity contribution is 14.1. The Hall–Kier alpha value is 0.400. The molecule has 0 saturated heterocycles. The summed E-state index contributed by atoms with van der Waals surface area (Å²) in [5, 5.41) is 0. The molecule has 12 heavy (non-hydrogen) atoms. The molecule has 0 radical (unpaired) electrons. The van der Waals surface area contributed by atoms with Crippen LogP contribution in [0.15, 0.2) is 0 Å². The lowest BCUT2D eigenvalue weighted by Gasteiger charge is -2.51. The van der Waals surface area contributed by atoms with Crippen molar-refractivity contribution in [1.29, 1.82) is 0 Å². The monoisotopic (exact) mass is 276 g/mol. The lowest BCUT2D eigenvalue weighted by atomic mass is 9.56. The molecule has 2 heteroatoms. The number of ketones is 1. The first-order valence-electron chi connectivity index (χ1n) is 4.93. The zero-order valence-electron chi connectivity index (χ0n) is 7.00. The van der Waals surface area contributed by atoms with Crippen LogP contribution >= 0.6 is 22.6 Å². The van der Waals surface area contributed by atoms with Gasteiger partial charge in [-0.25, -0.2) is 0 Å². The molecule has 4 bridgehead atoms. The van der Waals surface area contributed by atoms with Crippen LogP contribution in [-0.2, 0) is 4.79 Å². The number of halogens is 1. The van der Waals surface area contributed by atoms with Crippen LogP contribution in [0.1, 0.15) is 25.7 Å². The third kappa shape index (κ3) is 0.875. The van der Waals surface area contributed by atoms with Crippen LogP contribution in [0, 0.1) is 23.7 Å². The first-order chi connectivity index (χ1) is 5.75. The number of Topliss-reactive ketones (excluding diaryl/α,β-unsaturated/α-hetero) is 1. The first kappa shape index (κ1) is 7.77. The Kier molecular flexibility index (Phi) is 1.59. The van der Waals surface area contributed by atoms with E-state index in [1.54, 1.807) is 0 Å². The molecule has 4 aliphatic carbocycles. The molecular formula is C10H13IO. The van der Waals surface area contributed by atoms with Gasteiger partial charge in [-0.3, -0.25) is 4.79 Å². The molecule has 4 rings (SSSR count). The topological polar surface area (TPSA) is 17.1 Å². The summed E-state index contributed by atoms with van der Waals surface area (Å²) in [6.07, 6.45) is 5.10. The molecule has 0 aromatic heterocycles. The minimum atomic E-state index is 0.460. The maximum absolute atomic E-state index is 11.8. The molecule has 0 amide bonds. The average molecular weight is 276 g/mol. The van der Waals surface area contributed by atoms with Crippen LogP contribution in [0.4, 0.5) is 0 Å². The van der Waals surface area contributed by atoms with Crippen molar-refractivity contribution in [3.8, 4) is 0 Å². The highest BCUT2D eigenvalue weighted by Gasteiger charge is 2.52. The van der Waals surface area contributed by atoms with Gasteiger partial charge in [-0.1, -0.05) is 22.6 Å². The van der Waals surface area contributed by atoms with E-state index in [2.05, 4.69) is 22.6 Å². The predicted octanol–water partition coefficient (Wildman–Crippen LogP) is 2.43. The fourth-order valence-electron chi connectivity index (χ4n) is 3.56. The van der Waals surface area contributed by atoms with E-state index in [0.717, 1.165) is 11.8 Å². The quantitative estimate of drug-likeness (QED) is 0.490. The third-order valence-corrected chi connectivity index (χ3v) is 5.92. The van der Waals surface area contributed by atoms with Gasteiger partial charge in [0.05, 0.1) is 0 Å². The van der Waals surface area contributed by atoms with Crippen molar-refractivity contribution in [2.75, 3.05) is 0 Å². The molecule has 1 nitrogen and oxygen atoms in total. The van der Waals surface area contributed by atoms with Crippen LogP contribution in [0.5, 0.6) is 0 Å². The van der Waals surface area contributed by atoms with Crippen LogP contribution < -0.4 is 0 Å². The summed E-state index contributed by atoms with van der Waals surface area (Å²) in [7, 11) is 0. The second-order valence-electron chi connectivity index (χ2n) is 4.72. The van der Waals surface area contributed by atoms with E-state index in [1.165, 1.54) is 25.7 Å². The minimum absolute atomic E-state index is 0.460. The average Bonchev–Trinajstić information content (AvgIpc) is 2.07. The molecule has 0 spiro atoms. The van der Waals surface area contributed by atoms with Crippen molar-refractivity contribution in [1.82, 2.24) is 0 Å². The van der Waals surface area contributed by atoms with Gasteiger partial charge in [-0.05, 0) is 37.5 Å². The van der Waals surface area contributed by atoms with Crippen LogP contribution in [-0.4, -0.2) is 9.71 Å². The number of hydrogen-bond acceptors (Lipinski definition) is 1. The van der Waals surface area contributed by atoms with Crippen molar-refractivity contribution in [2.45, 2.75) is 29.6 Å². The van der Waals surface area contributed by atoms with Gasteiger partial charge in [0.2, 0.25) is 0 Å². The molecule has 5 atom stereocenters. The summed E-state index contributed by atoms with van der Waals surface area (Å²) in [6, 6.07) is 0. The lowest BCUT2D eigenvalue weighted by molar-refractivity contribution is -0.138. The minimum Gasteiger partial charge on any atom is -0.299 e. The zero-order valence-corrected chi connectivity index (χ0v) is 9.16. The van der Waals surface area contributed by atoms with E-state index >= 15 is 0 Å². The van der Waals surface area contributed by atoms with Gasteiger partial charge in [0.15, 0.2) is 0 Å². The fraction of sp³-hybridized carbons (Fsp3) is 0.900. The van der Waals surface area contributed by atoms with Crippen LogP contribution in [0.3, 0.4) is 0 Å². The van der Waals surface area contributed by atoms with Crippen molar-refractivity contribution in [3.05, 3.63) is 0 Å². The molecule has 66 valence electrons. The van der Waals surface area contributed by atoms with Crippen LogP contribution in [0.25, 0.3) is 0 Å². The van der Waals surface area contributed by atoms with E-state index in [4.69, 9.17) is 0 Å². The first-order valence-corrected chi connectivity index (χ1v) is 6.18. The Morgan fingerprint density at radius 1 is 1.17 bits per heavy atom. The van der Waals surface area contributed by atoms with Gasteiger partial charge in [0.1, 0.15) is 5.78 Å². The Morgan fingerprint density at radius 3 is 2.83 bits per heavy atom. The zero-order chi connectivity index (χ0) is 8.29. The normalized spacial score (nSPS) is 56.4. The summed E-state index contributed by atoms with van der Waals surface area (Å²) < 4.78 is 0.683. The summed E-state index contributed by atoms with van der Waals surface area (Å²) >= 11 is 2.52. The van der Waals surface area contributed by atoms with Crippen molar-refractivity contribution in [2.24, 2.45) is 23.7 Å². The lowest BCUT2D eigenvalue weighted by Crippen LogP contribution is -2.51. The SMILES string of the molecule is O=C1[C@@H]2C[C@@H]3C[C@H](C2)[C@H](I)[C@H]1C3. The van der Waals surface area contributed by atoms with Gasteiger partial charge in [0.25, 0.3) is 0 Å². The Bertz CT molecular complexity index is 238. The molecule has 0 aromatic rings. The van der Waals surface area contributed by atoms with E-state index in [-0.39, 0.29) is 0 Å². The summed E-state index contributed by atoms with van der Waals surface area (Å²) in [5.74, 6) is 3.37. The molecule has 0 N–H and O–H groups in total. The van der Waals surface area contributed by atoms with Gasteiger partial charge >= 0.3 is 0 Å². The summed E-state index contributed by atoms with van der Waals surface area (Å²) in [6.45, 7) is 0. The Labute approximate surface area is 86.4 Å². The Morgan fingerprint density at radius 2 is 2.00 bits per heavy atom. The Balaban J connectivity index is 1.98. The largest absolute Gasteiger partial charge is 0.299 e. The van der Waals surface area contributed by atoms with Gasteiger partial charge in [-0.15, -0.1) is 0 Å². The maximum atomic E-state index is 11.8. The molecular weight excluding hydrogens is 263 g/mol.